The standard InChI is InChI=1S/C10H12F3NO3/c1-17-8-3-5(10(11,12)13)2-6(15)9(8)7(16)4-14/h2-3,7,15-16H,4,14H2,1H3. The van der Waals surface area contributed by atoms with Crippen molar-refractivity contribution in [3.05, 3.63) is 23.3 Å². The second-order valence-corrected chi connectivity index (χ2v) is 3.36. The average Bonchev–Trinajstić information content (AvgIpc) is 2.25. The van der Waals surface area contributed by atoms with Crippen molar-refractivity contribution in [3.63, 3.8) is 0 Å². The molecule has 0 aliphatic rings. The van der Waals surface area contributed by atoms with E-state index in [4.69, 9.17) is 10.5 Å². The fraction of sp³-hybridized carbons (Fsp3) is 0.400. The summed E-state index contributed by atoms with van der Waals surface area (Å²) in [5.41, 5.74) is 3.98. The Balaban J connectivity index is 3.36. The summed E-state index contributed by atoms with van der Waals surface area (Å²) >= 11 is 0. The number of benzene rings is 1. The van der Waals surface area contributed by atoms with Crippen LogP contribution in [0.15, 0.2) is 12.1 Å². The van der Waals surface area contributed by atoms with Crippen LogP contribution in [0, 0.1) is 0 Å². The van der Waals surface area contributed by atoms with Gasteiger partial charge in [-0.15, -0.1) is 0 Å². The van der Waals surface area contributed by atoms with Gasteiger partial charge in [0.15, 0.2) is 0 Å². The molecule has 1 atom stereocenters. The summed E-state index contributed by atoms with van der Waals surface area (Å²) in [6.07, 6.45) is -5.89. The van der Waals surface area contributed by atoms with Crippen molar-refractivity contribution in [2.24, 2.45) is 5.73 Å². The zero-order valence-electron chi connectivity index (χ0n) is 8.95. The Morgan fingerprint density at radius 3 is 2.41 bits per heavy atom. The van der Waals surface area contributed by atoms with Crippen LogP contribution in [0.5, 0.6) is 11.5 Å². The molecule has 96 valence electrons. The monoisotopic (exact) mass is 251 g/mol. The van der Waals surface area contributed by atoms with Crippen LogP contribution in [-0.4, -0.2) is 23.9 Å². The molecule has 4 nitrogen and oxygen atoms in total. The molecule has 0 radical (unpaired) electrons. The van der Waals surface area contributed by atoms with Crippen molar-refractivity contribution in [2.75, 3.05) is 13.7 Å². The Hall–Kier alpha value is -1.47. The van der Waals surface area contributed by atoms with Gasteiger partial charge in [-0.05, 0) is 12.1 Å². The van der Waals surface area contributed by atoms with Crippen molar-refractivity contribution in [2.45, 2.75) is 12.3 Å². The lowest BCUT2D eigenvalue weighted by atomic mass is 10.0. The molecule has 0 aromatic heterocycles. The van der Waals surface area contributed by atoms with Crippen LogP contribution in [0.25, 0.3) is 0 Å². The first-order valence-corrected chi connectivity index (χ1v) is 4.67. The van der Waals surface area contributed by atoms with E-state index in [1.807, 2.05) is 0 Å². The summed E-state index contributed by atoms with van der Waals surface area (Å²) in [6.45, 7) is -0.241. The highest BCUT2D eigenvalue weighted by Gasteiger charge is 2.33. The molecule has 0 heterocycles. The molecule has 7 heteroatoms. The minimum absolute atomic E-state index is 0.150. The van der Waals surface area contributed by atoms with Gasteiger partial charge in [-0.1, -0.05) is 0 Å². The van der Waals surface area contributed by atoms with Gasteiger partial charge >= 0.3 is 6.18 Å². The fourth-order valence-electron chi connectivity index (χ4n) is 1.40. The first kappa shape index (κ1) is 13.6. The van der Waals surface area contributed by atoms with Crippen LogP contribution in [0.1, 0.15) is 17.2 Å². The molecule has 0 saturated carbocycles. The Morgan fingerprint density at radius 1 is 1.41 bits per heavy atom. The highest BCUT2D eigenvalue weighted by Crippen LogP contribution is 2.40. The maximum atomic E-state index is 12.4. The normalized spacial score (nSPS) is 13.5. The van der Waals surface area contributed by atoms with Gasteiger partial charge in [0.2, 0.25) is 0 Å². The Bertz CT molecular complexity index is 407. The molecule has 0 aliphatic carbocycles. The second-order valence-electron chi connectivity index (χ2n) is 3.36. The van der Waals surface area contributed by atoms with Crippen LogP contribution < -0.4 is 10.5 Å². The Morgan fingerprint density at radius 2 is 2.00 bits per heavy atom. The number of methoxy groups -OCH3 is 1. The molecule has 1 rings (SSSR count). The van der Waals surface area contributed by atoms with Crippen LogP contribution in [0.2, 0.25) is 0 Å². The molecule has 0 bridgehead atoms. The second kappa shape index (κ2) is 4.80. The molecular formula is C10H12F3NO3. The maximum absolute atomic E-state index is 12.4. The highest BCUT2D eigenvalue weighted by molar-refractivity contribution is 5.49. The van der Waals surface area contributed by atoms with E-state index in [2.05, 4.69) is 0 Å². The molecule has 0 fully saturated rings. The van der Waals surface area contributed by atoms with Gasteiger partial charge in [0.25, 0.3) is 0 Å². The van der Waals surface area contributed by atoms with Gasteiger partial charge < -0.3 is 20.7 Å². The van der Waals surface area contributed by atoms with E-state index in [9.17, 15) is 23.4 Å². The molecule has 1 aromatic carbocycles. The van der Waals surface area contributed by atoms with Gasteiger partial charge in [0, 0.05) is 6.54 Å². The summed E-state index contributed by atoms with van der Waals surface area (Å²) in [6, 6.07) is 1.23. The Labute approximate surface area is 95.4 Å². The zero-order chi connectivity index (χ0) is 13.2. The van der Waals surface area contributed by atoms with E-state index in [1.54, 1.807) is 0 Å². The number of nitrogens with two attached hydrogens (primary N) is 1. The van der Waals surface area contributed by atoms with E-state index in [1.165, 1.54) is 0 Å². The van der Waals surface area contributed by atoms with Gasteiger partial charge in [-0.2, -0.15) is 13.2 Å². The minimum atomic E-state index is -4.60. The van der Waals surface area contributed by atoms with E-state index >= 15 is 0 Å². The molecule has 17 heavy (non-hydrogen) atoms. The van der Waals surface area contributed by atoms with E-state index in [0.29, 0.717) is 12.1 Å². The number of aliphatic hydroxyl groups excluding tert-OH is 1. The number of phenols is 1. The predicted octanol–water partition coefficient (Wildman–Crippen LogP) is 1.41. The third-order valence-electron chi connectivity index (χ3n) is 2.22. The van der Waals surface area contributed by atoms with E-state index in [-0.39, 0.29) is 17.9 Å². The molecule has 0 saturated heterocycles. The molecule has 1 unspecified atom stereocenters. The van der Waals surface area contributed by atoms with Crippen LogP contribution in [-0.2, 0) is 6.18 Å². The molecule has 0 spiro atoms. The van der Waals surface area contributed by atoms with Crippen molar-refractivity contribution in [3.8, 4) is 11.5 Å². The number of rotatable bonds is 3. The van der Waals surface area contributed by atoms with E-state index < -0.39 is 23.6 Å². The SMILES string of the molecule is COc1cc(C(F)(F)F)cc(O)c1C(O)CN. The summed E-state index contributed by atoms with van der Waals surface area (Å²) in [4.78, 5) is 0. The van der Waals surface area contributed by atoms with E-state index in [0.717, 1.165) is 7.11 Å². The van der Waals surface area contributed by atoms with Crippen molar-refractivity contribution >= 4 is 0 Å². The highest BCUT2D eigenvalue weighted by atomic mass is 19.4. The van der Waals surface area contributed by atoms with Crippen LogP contribution in [0.3, 0.4) is 0 Å². The van der Waals surface area contributed by atoms with Gasteiger partial charge in [0.05, 0.1) is 24.3 Å². The smallest absolute Gasteiger partial charge is 0.416 e. The number of aromatic hydroxyl groups is 1. The lowest BCUT2D eigenvalue weighted by Gasteiger charge is -2.17. The van der Waals surface area contributed by atoms with Crippen molar-refractivity contribution in [1.29, 1.82) is 0 Å². The molecule has 1 aromatic rings. The lowest BCUT2D eigenvalue weighted by molar-refractivity contribution is -0.137. The number of phenolic OH excluding ortho intramolecular Hbond substituents is 1. The van der Waals surface area contributed by atoms with Gasteiger partial charge in [-0.25, -0.2) is 0 Å². The fourth-order valence-corrected chi connectivity index (χ4v) is 1.40. The summed E-state index contributed by atoms with van der Waals surface area (Å²) in [5, 5.41) is 18.9. The van der Waals surface area contributed by atoms with Gasteiger partial charge in [-0.3, -0.25) is 0 Å². The van der Waals surface area contributed by atoms with Crippen molar-refractivity contribution < 1.29 is 28.1 Å². The van der Waals surface area contributed by atoms with Gasteiger partial charge in [0.1, 0.15) is 11.5 Å². The largest absolute Gasteiger partial charge is 0.507 e. The number of hydrogen-bond acceptors (Lipinski definition) is 4. The summed E-state index contributed by atoms with van der Waals surface area (Å²) in [5.74, 6) is -0.954. The molecule has 0 aliphatic heterocycles. The zero-order valence-corrected chi connectivity index (χ0v) is 8.95. The number of alkyl halides is 3. The minimum Gasteiger partial charge on any atom is -0.507 e. The predicted molar refractivity (Wildman–Crippen MR) is 53.7 cm³/mol. The first-order chi connectivity index (χ1) is 7.81. The quantitative estimate of drug-likeness (QED) is 0.759. The lowest BCUT2D eigenvalue weighted by Crippen LogP contribution is -2.14. The third-order valence-corrected chi connectivity index (χ3v) is 2.22. The van der Waals surface area contributed by atoms with Crippen molar-refractivity contribution in [1.82, 2.24) is 0 Å². The molecule has 0 amide bonds. The number of ether oxygens (including phenoxy) is 1. The average molecular weight is 251 g/mol. The van der Waals surface area contributed by atoms with Crippen LogP contribution >= 0.6 is 0 Å². The third kappa shape index (κ3) is 2.80. The molecular weight excluding hydrogens is 239 g/mol. The topological polar surface area (TPSA) is 75.7 Å². The number of halogens is 3. The summed E-state index contributed by atoms with van der Waals surface area (Å²) < 4.78 is 42.0. The maximum Gasteiger partial charge on any atom is 0.416 e. The van der Waals surface area contributed by atoms with Crippen LogP contribution in [0.4, 0.5) is 13.2 Å². The first-order valence-electron chi connectivity index (χ1n) is 4.67. The summed E-state index contributed by atoms with van der Waals surface area (Å²) in [7, 11) is 1.14. The Kier molecular flexibility index (Phi) is 3.84. The number of hydrogen-bond donors (Lipinski definition) is 3. The number of aliphatic hydroxyl groups is 1. The molecule has 4 N–H and O–H groups in total.